The number of hydrogen-bond donors (Lipinski definition) is 1. The number of nitrogens with zero attached hydrogens (tertiary/aromatic N) is 3. The standard InChI is InChI=1S/C21H23FN4O3S2/c1-4-18(20(27)23-17-8-6-5-7-16(17)22)30-21-25-24-19(26(21)3)13-31(28,29)15-11-9-14(2)10-12-15/h5-12,18H,4,13H2,1-3H3,(H,23,27). The Hall–Kier alpha value is -2.72. The molecule has 0 radical (unpaired) electrons. The van der Waals surface area contributed by atoms with Crippen LogP contribution in [0.3, 0.4) is 0 Å². The molecule has 0 bridgehead atoms. The molecule has 0 spiro atoms. The summed E-state index contributed by atoms with van der Waals surface area (Å²) in [6.45, 7) is 3.72. The molecule has 1 unspecified atom stereocenters. The lowest BCUT2D eigenvalue weighted by atomic mass is 10.2. The summed E-state index contributed by atoms with van der Waals surface area (Å²) in [6, 6.07) is 12.6. The molecule has 0 aliphatic rings. The molecule has 7 nitrogen and oxygen atoms in total. The Morgan fingerprint density at radius 2 is 1.84 bits per heavy atom. The van der Waals surface area contributed by atoms with Crippen LogP contribution in [-0.2, 0) is 27.4 Å². The van der Waals surface area contributed by atoms with Crippen molar-refractivity contribution in [2.75, 3.05) is 5.32 Å². The molecule has 3 rings (SSSR count). The second-order valence-corrected chi connectivity index (χ2v) is 10.2. The van der Waals surface area contributed by atoms with Crippen molar-refractivity contribution in [3.63, 3.8) is 0 Å². The molecule has 164 valence electrons. The summed E-state index contributed by atoms with van der Waals surface area (Å²) < 4.78 is 40.8. The van der Waals surface area contributed by atoms with Crippen molar-refractivity contribution >= 4 is 33.2 Å². The van der Waals surface area contributed by atoms with E-state index in [0.29, 0.717) is 11.6 Å². The van der Waals surface area contributed by atoms with Crippen molar-refractivity contribution in [3.05, 3.63) is 65.7 Å². The van der Waals surface area contributed by atoms with Crippen LogP contribution in [0, 0.1) is 12.7 Å². The number of anilines is 1. The first-order valence-electron chi connectivity index (χ1n) is 9.61. The Morgan fingerprint density at radius 3 is 2.48 bits per heavy atom. The van der Waals surface area contributed by atoms with Gasteiger partial charge in [0.15, 0.2) is 15.0 Å². The van der Waals surface area contributed by atoms with Gasteiger partial charge in [-0.1, -0.05) is 48.5 Å². The van der Waals surface area contributed by atoms with Gasteiger partial charge < -0.3 is 9.88 Å². The molecule has 1 atom stereocenters. The predicted molar refractivity (Wildman–Crippen MR) is 118 cm³/mol. The maximum absolute atomic E-state index is 13.8. The molecule has 1 aromatic heterocycles. The SMILES string of the molecule is CCC(Sc1nnc(CS(=O)(=O)c2ccc(C)cc2)n1C)C(=O)Nc1ccccc1F. The highest BCUT2D eigenvalue weighted by atomic mass is 32.2. The number of carbonyl (C=O) groups is 1. The summed E-state index contributed by atoms with van der Waals surface area (Å²) in [5.41, 5.74) is 1.07. The topological polar surface area (TPSA) is 93.9 Å². The molecule has 3 aromatic rings. The second-order valence-electron chi connectivity index (χ2n) is 7.01. The van der Waals surface area contributed by atoms with E-state index in [-0.39, 0.29) is 28.1 Å². The van der Waals surface area contributed by atoms with E-state index in [1.165, 1.54) is 12.1 Å². The molecule has 0 saturated heterocycles. The third-order valence-corrected chi connectivity index (χ3v) is 7.69. The van der Waals surface area contributed by atoms with Crippen LogP contribution in [0.5, 0.6) is 0 Å². The fraction of sp³-hybridized carbons (Fsp3) is 0.286. The van der Waals surface area contributed by atoms with Crippen molar-refractivity contribution in [2.45, 2.75) is 41.3 Å². The van der Waals surface area contributed by atoms with Gasteiger partial charge in [0.2, 0.25) is 5.91 Å². The number of hydrogen-bond acceptors (Lipinski definition) is 6. The van der Waals surface area contributed by atoms with E-state index in [4.69, 9.17) is 0 Å². The quantitative estimate of drug-likeness (QED) is 0.513. The van der Waals surface area contributed by atoms with Crippen molar-refractivity contribution in [1.29, 1.82) is 0 Å². The Bertz CT molecular complexity index is 1180. The number of halogens is 1. The maximum atomic E-state index is 13.8. The van der Waals surface area contributed by atoms with Crippen molar-refractivity contribution in [2.24, 2.45) is 7.05 Å². The van der Waals surface area contributed by atoms with Crippen LogP contribution < -0.4 is 5.32 Å². The van der Waals surface area contributed by atoms with Crippen molar-refractivity contribution < 1.29 is 17.6 Å². The summed E-state index contributed by atoms with van der Waals surface area (Å²) in [7, 11) is -1.93. The van der Waals surface area contributed by atoms with Crippen LogP contribution in [0.25, 0.3) is 0 Å². The highest BCUT2D eigenvalue weighted by molar-refractivity contribution is 8.00. The van der Waals surface area contributed by atoms with Crippen molar-refractivity contribution in [1.82, 2.24) is 14.8 Å². The minimum Gasteiger partial charge on any atom is -0.323 e. The van der Waals surface area contributed by atoms with Crippen molar-refractivity contribution in [3.8, 4) is 0 Å². The third kappa shape index (κ3) is 5.50. The van der Waals surface area contributed by atoms with E-state index >= 15 is 0 Å². The van der Waals surface area contributed by atoms with E-state index in [0.717, 1.165) is 17.3 Å². The van der Waals surface area contributed by atoms with E-state index < -0.39 is 20.9 Å². The average molecular weight is 463 g/mol. The lowest BCUT2D eigenvalue weighted by molar-refractivity contribution is -0.115. The highest BCUT2D eigenvalue weighted by Gasteiger charge is 2.24. The molecule has 10 heteroatoms. The van der Waals surface area contributed by atoms with Crippen LogP contribution >= 0.6 is 11.8 Å². The minimum atomic E-state index is -3.59. The van der Waals surface area contributed by atoms with Gasteiger partial charge in [0.25, 0.3) is 0 Å². The summed E-state index contributed by atoms with van der Waals surface area (Å²) >= 11 is 1.15. The van der Waals surface area contributed by atoms with Gasteiger partial charge in [0.1, 0.15) is 17.4 Å². The Labute approximate surface area is 185 Å². The number of amides is 1. The molecule has 0 fully saturated rings. The van der Waals surface area contributed by atoms with Gasteiger partial charge in [-0.05, 0) is 37.6 Å². The summed E-state index contributed by atoms with van der Waals surface area (Å²) in [5, 5.41) is 10.5. The predicted octanol–water partition coefficient (Wildman–Crippen LogP) is 3.75. The second kappa shape index (κ2) is 9.61. The van der Waals surface area contributed by atoms with Gasteiger partial charge in [-0.2, -0.15) is 0 Å². The first-order chi connectivity index (χ1) is 14.7. The zero-order chi connectivity index (χ0) is 22.6. The van der Waals surface area contributed by atoms with Crippen LogP contribution in [0.2, 0.25) is 0 Å². The molecule has 1 N–H and O–H groups in total. The van der Waals surface area contributed by atoms with E-state index in [1.807, 2.05) is 13.8 Å². The normalized spacial score (nSPS) is 12.5. The minimum absolute atomic E-state index is 0.106. The van der Waals surface area contributed by atoms with Gasteiger partial charge in [0, 0.05) is 7.05 Å². The lowest BCUT2D eigenvalue weighted by Crippen LogP contribution is -2.25. The number of sulfone groups is 1. The van der Waals surface area contributed by atoms with Crippen LogP contribution in [0.15, 0.2) is 58.6 Å². The monoisotopic (exact) mass is 462 g/mol. The summed E-state index contributed by atoms with van der Waals surface area (Å²) in [6.07, 6.45) is 0.467. The highest BCUT2D eigenvalue weighted by Crippen LogP contribution is 2.26. The number of aryl methyl sites for hydroxylation is 1. The largest absolute Gasteiger partial charge is 0.323 e. The number of para-hydroxylation sites is 1. The average Bonchev–Trinajstić information content (AvgIpc) is 3.06. The Balaban J connectivity index is 1.73. The van der Waals surface area contributed by atoms with Gasteiger partial charge in [-0.15, -0.1) is 10.2 Å². The van der Waals surface area contributed by atoms with Gasteiger partial charge in [0.05, 0.1) is 15.8 Å². The number of carbonyl (C=O) groups excluding carboxylic acids is 1. The first kappa shape index (κ1) is 23.0. The number of aromatic nitrogens is 3. The molecule has 31 heavy (non-hydrogen) atoms. The van der Waals surface area contributed by atoms with Crippen LogP contribution in [0.1, 0.15) is 24.7 Å². The Morgan fingerprint density at radius 1 is 1.16 bits per heavy atom. The van der Waals surface area contributed by atoms with Gasteiger partial charge in [-0.3, -0.25) is 4.79 Å². The molecule has 1 amide bonds. The fourth-order valence-electron chi connectivity index (χ4n) is 2.80. The number of benzene rings is 2. The molecular weight excluding hydrogens is 439 g/mol. The van der Waals surface area contributed by atoms with Gasteiger partial charge >= 0.3 is 0 Å². The zero-order valence-corrected chi connectivity index (χ0v) is 19.0. The van der Waals surface area contributed by atoms with Crippen LogP contribution in [0.4, 0.5) is 10.1 Å². The molecular formula is C21H23FN4O3S2. The molecule has 1 heterocycles. The van der Waals surface area contributed by atoms with Gasteiger partial charge in [-0.25, -0.2) is 12.8 Å². The van der Waals surface area contributed by atoms with E-state index in [2.05, 4.69) is 15.5 Å². The number of thioether (sulfide) groups is 1. The molecule has 0 saturated carbocycles. The van der Waals surface area contributed by atoms with E-state index in [9.17, 15) is 17.6 Å². The molecule has 0 aliphatic carbocycles. The third-order valence-electron chi connectivity index (χ3n) is 4.67. The Kier molecular flexibility index (Phi) is 7.11. The fourth-order valence-corrected chi connectivity index (χ4v) is 5.04. The summed E-state index contributed by atoms with van der Waals surface area (Å²) in [4.78, 5) is 12.8. The zero-order valence-electron chi connectivity index (χ0n) is 17.4. The van der Waals surface area contributed by atoms with E-state index in [1.54, 1.807) is 48.0 Å². The lowest BCUT2D eigenvalue weighted by Gasteiger charge is -2.14. The molecule has 2 aromatic carbocycles. The summed E-state index contributed by atoms with van der Waals surface area (Å²) in [5.74, 6) is -0.918. The number of nitrogens with one attached hydrogen (secondary N) is 1. The number of rotatable bonds is 8. The van der Waals surface area contributed by atoms with Crippen LogP contribution in [-0.4, -0.2) is 34.3 Å². The first-order valence-corrected chi connectivity index (χ1v) is 12.1. The smallest absolute Gasteiger partial charge is 0.238 e. The molecule has 0 aliphatic heterocycles. The maximum Gasteiger partial charge on any atom is 0.238 e.